The molecule has 6 heterocycles. The number of nitrogens with zero attached hydrogens (tertiary/aromatic N) is 6. The summed E-state index contributed by atoms with van der Waals surface area (Å²) in [4.78, 5) is 33.4. The Labute approximate surface area is 258 Å². The van der Waals surface area contributed by atoms with E-state index < -0.39 is 9.84 Å². The van der Waals surface area contributed by atoms with Gasteiger partial charge in [0.1, 0.15) is 21.5 Å². The fourth-order valence-corrected chi connectivity index (χ4v) is 8.69. The van der Waals surface area contributed by atoms with Gasteiger partial charge in [0, 0.05) is 67.2 Å². The van der Waals surface area contributed by atoms with Gasteiger partial charge in [-0.1, -0.05) is 12.6 Å². The maximum absolute atomic E-state index is 12.8. The average molecular weight is 618 g/mol. The van der Waals surface area contributed by atoms with Crippen LogP contribution in [0, 0.1) is 11.8 Å². The maximum atomic E-state index is 12.8. The van der Waals surface area contributed by atoms with Crippen LogP contribution in [0.25, 0.3) is 10.8 Å². The summed E-state index contributed by atoms with van der Waals surface area (Å²) in [5.74, 6) is 2.72. The predicted octanol–water partition coefficient (Wildman–Crippen LogP) is 3.71. The Morgan fingerprint density at radius 1 is 1.11 bits per heavy atom. The number of fused-ring (bicyclic) bond motifs is 2. The second-order valence-electron chi connectivity index (χ2n) is 12.6. The lowest BCUT2D eigenvalue weighted by Gasteiger charge is -2.48. The molecule has 5 atom stereocenters. The number of rotatable bonds is 8. The van der Waals surface area contributed by atoms with E-state index >= 15 is 0 Å². The first kappa shape index (κ1) is 29.0. The number of likely N-dealkylation sites (tertiary alicyclic amines) is 1. The Hall–Kier alpha value is -3.77. The van der Waals surface area contributed by atoms with Crippen molar-refractivity contribution in [1.29, 1.82) is 0 Å². The molecule has 1 aromatic carbocycles. The van der Waals surface area contributed by atoms with E-state index in [1.807, 2.05) is 23.2 Å². The van der Waals surface area contributed by atoms with E-state index in [0.29, 0.717) is 49.2 Å². The van der Waals surface area contributed by atoms with E-state index in [-0.39, 0.29) is 29.7 Å². The molecule has 4 aliphatic heterocycles. The molecule has 1 amide bonds. The molecule has 0 saturated carbocycles. The summed E-state index contributed by atoms with van der Waals surface area (Å²) in [5, 5.41) is 5.39. The number of hydrogen-bond acceptors (Lipinski definition) is 10. The number of hydrogen-bond donors (Lipinski definition) is 1. The smallest absolute Gasteiger partial charge is 0.246 e. The molecule has 0 unspecified atom stereocenters. The van der Waals surface area contributed by atoms with Crippen molar-refractivity contribution >= 4 is 49.8 Å². The second kappa shape index (κ2) is 11.3. The van der Waals surface area contributed by atoms with Crippen LogP contribution < -0.4 is 15.1 Å². The zero-order chi connectivity index (χ0) is 30.6. The summed E-state index contributed by atoms with van der Waals surface area (Å²) in [6.07, 6.45) is 9.22. The van der Waals surface area contributed by atoms with Crippen LogP contribution >= 0.6 is 0 Å². The first-order chi connectivity index (χ1) is 21.2. The zero-order valence-corrected chi connectivity index (χ0v) is 26.0. The van der Waals surface area contributed by atoms with E-state index in [9.17, 15) is 13.2 Å². The molecule has 0 bridgehead atoms. The lowest BCUT2D eigenvalue weighted by Crippen LogP contribution is -2.57. The van der Waals surface area contributed by atoms with Crippen molar-refractivity contribution < 1.29 is 17.9 Å². The average Bonchev–Trinajstić information content (AvgIpc) is 3.76. The maximum Gasteiger partial charge on any atom is 0.246 e. The first-order valence-corrected chi connectivity index (χ1v) is 17.5. The van der Waals surface area contributed by atoms with Crippen LogP contribution in [0.4, 0.5) is 23.3 Å². The van der Waals surface area contributed by atoms with Gasteiger partial charge < -0.3 is 24.8 Å². The monoisotopic (exact) mass is 617 g/mol. The molecular weight excluding hydrogens is 578 g/mol. The first-order valence-electron chi connectivity index (χ1n) is 15.4. The molecule has 4 aliphatic rings. The summed E-state index contributed by atoms with van der Waals surface area (Å²) in [5.41, 5.74) is 2.09. The van der Waals surface area contributed by atoms with Crippen LogP contribution in [0.1, 0.15) is 37.8 Å². The van der Waals surface area contributed by atoms with Crippen LogP contribution in [0.15, 0.2) is 49.3 Å². The number of nitrogens with one attached hydrogen (secondary N) is 1. The van der Waals surface area contributed by atoms with E-state index in [0.717, 1.165) is 54.4 Å². The topological polar surface area (TPSA) is 121 Å². The predicted molar refractivity (Wildman–Crippen MR) is 171 cm³/mol. The number of amides is 1. The Morgan fingerprint density at radius 2 is 1.98 bits per heavy atom. The van der Waals surface area contributed by atoms with Crippen LogP contribution in [-0.2, 0) is 19.4 Å². The summed E-state index contributed by atoms with van der Waals surface area (Å²) >= 11 is 0. The minimum atomic E-state index is -3.06. The molecule has 2 aromatic heterocycles. The van der Waals surface area contributed by atoms with E-state index in [1.54, 1.807) is 6.20 Å². The van der Waals surface area contributed by atoms with Gasteiger partial charge in [-0.2, -0.15) is 4.98 Å². The Morgan fingerprint density at radius 3 is 2.77 bits per heavy atom. The van der Waals surface area contributed by atoms with Gasteiger partial charge in [0.05, 0.1) is 31.1 Å². The van der Waals surface area contributed by atoms with Crippen molar-refractivity contribution in [3.63, 3.8) is 0 Å². The number of anilines is 4. The van der Waals surface area contributed by atoms with E-state index in [2.05, 4.69) is 45.7 Å². The zero-order valence-electron chi connectivity index (χ0n) is 25.2. The molecule has 232 valence electrons. The quantitative estimate of drug-likeness (QED) is 0.375. The molecule has 12 heteroatoms. The lowest BCUT2D eigenvalue weighted by atomic mass is 9.89. The van der Waals surface area contributed by atoms with Gasteiger partial charge in [0.25, 0.3) is 0 Å². The molecule has 0 radical (unpaired) electrons. The summed E-state index contributed by atoms with van der Waals surface area (Å²) < 4.78 is 29.7. The Bertz CT molecular complexity index is 1720. The Kier molecular flexibility index (Phi) is 7.44. The number of pyridine rings is 1. The van der Waals surface area contributed by atoms with Gasteiger partial charge in [-0.15, -0.1) is 0 Å². The molecule has 44 heavy (non-hydrogen) atoms. The van der Waals surface area contributed by atoms with Crippen LogP contribution in [0.2, 0.25) is 0 Å². The molecule has 0 aliphatic carbocycles. The molecular formula is C32H39N7O4S. The largest absolute Gasteiger partial charge is 0.379 e. The minimum absolute atomic E-state index is 0.0672. The van der Waals surface area contributed by atoms with Gasteiger partial charge >= 0.3 is 0 Å². The van der Waals surface area contributed by atoms with Gasteiger partial charge in [-0.25, -0.2) is 18.4 Å². The lowest BCUT2D eigenvalue weighted by molar-refractivity contribution is -0.126. The van der Waals surface area contributed by atoms with E-state index in [1.165, 1.54) is 12.3 Å². The number of sulfone groups is 1. The summed E-state index contributed by atoms with van der Waals surface area (Å²) in [6.45, 7) is 9.59. The number of carbonyl (C=O) groups excluding carboxylic acids is 1. The highest BCUT2D eigenvalue weighted by Crippen LogP contribution is 2.43. The molecule has 4 fully saturated rings. The van der Waals surface area contributed by atoms with Gasteiger partial charge in [-0.05, 0) is 61.4 Å². The van der Waals surface area contributed by atoms with Gasteiger partial charge in [0.15, 0.2) is 0 Å². The second-order valence-corrected chi connectivity index (χ2v) is 14.8. The third kappa shape index (κ3) is 5.27. The molecule has 11 nitrogen and oxygen atoms in total. The minimum Gasteiger partial charge on any atom is -0.379 e. The number of ether oxygens (including phenoxy) is 1. The highest BCUT2D eigenvalue weighted by atomic mass is 32.2. The van der Waals surface area contributed by atoms with Crippen molar-refractivity contribution in [3.8, 4) is 0 Å². The number of benzene rings is 1. The number of aromatic nitrogens is 3. The number of carbonyl (C=O) groups is 1. The molecule has 1 N–H and O–H groups in total. The normalized spacial score (nSPS) is 26.6. The highest BCUT2D eigenvalue weighted by molar-refractivity contribution is 7.90. The molecule has 0 spiro atoms. The van der Waals surface area contributed by atoms with Crippen LogP contribution in [-0.4, -0.2) is 91.1 Å². The van der Waals surface area contributed by atoms with Crippen molar-refractivity contribution in [2.24, 2.45) is 11.8 Å². The van der Waals surface area contributed by atoms with Crippen molar-refractivity contribution in [2.75, 3.05) is 60.0 Å². The van der Waals surface area contributed by atoms with Crippen molar-refractivity contribution in [1.82, 2.24) is 19.9 Å². The van der Waals surface area contributed by atoms with E-state index in [4.69, 9.17) is 14.7 Å². The SMILES string of the molecule is C=CC(=O)N1CCC[C@H]1c1ccc(N2C[C@H](CS(C)(=O)=O)[C@H]2C)c2cnc(Nc3ccnc(N4CC[C@@H]5COC[C@@H]54)n3)cc12. The highest BCUT2D eigenvalue weighted by Gasteiger charge is 2.40. The van der Waals surface area contributed by atoms with Crippen molar-refractivity contribution in [3.05, 3.63) is 54.9 Å². The summed E-state index contributed by atoms with van der Waals surface area (Å²) in [6, 6.07) is 8.43. The fraction of sp³-hybridized carbons (Fsp3) is 0.500. The fourth-order valence-electron chi connectivity index (χ4n) is 7.53. The Balaban J connectivity index is 1.23. The van der Waals surface area contributed by atoms with Gasteiger partial charge in [0.2, 0.25) is 11.9 Å². The molecule has 7 rings (SSSR count). The summed E-state index contributed by atoms with van der Waals surface area (Å²) in [7, 11) is -3.06. The molecule has 4 saturated heterocycles. The standard InChI is InChI=1S/C32H39N7O4S/c1-4-31(40)37-12-5-6-26(37)23-7-8-27(39-16-22(20(39)2)19-44(3,41)42)25-15-34-30(14-24(23)25)35-29-9-11-33-32(36-29)38-13-10-21-17-43-18-28(21)38/h4,7-9,11,14-15,20-22,26,28H,1,5-6,10,12-13,16-19H2,2-3H3,(H,33,34,35,36)/t20-,21-,22-,26+,28+/m1/s1. The third-order valence-corrected chi connectivity index (χ3v) is 10.9. The van der Waals surface area contributed by atoms with Gasteiger partial charge in [-0.3, -0.25) is 4.79 Å². The van der Waals surface area contributed by atoms with Crippen LogP contribution in [0.5, 0.6) is 0 Å². The van der Waals surface area contributed by atoms with Crippen molar-refractivity contribution in [2.45, 2.75) is 44.3 Å². The van der Waals surface area contributed by atoms with Crippen LogP contribution in [0.3, 0.4) is 0 Å². The molecule has 3 aromatic rings. The third-order valence-electron chi connectivity index (χ3n) is 9.87.